The Labute approximate surface area is 184 Å². The predicted octanol–water partition coefficient (Wildman–Crippen LogP) is 5.74. The molecule has 4 aromatic rings. The standard InChI is InChI=1S/C24H23N3O3S/c1-13(2)16-9-11-17(12-10-16)27-22(25-15(4)29)21(20(14(3)28)24(27)30)23-26-18-7-5-6-8-19(18)31-23/h5-13,30H,1-4H3,(H,25,29). The van der Waals surface area contributed by atoms with Crippen LogP contribution in [-0.4, -0.2) is 26.3 Å². The zero-order valence-electron chi connectivity index (χ0n) is 17.8. The zero-order chi connectivity index (χ0) is 22.3. The number of carbonyl (C=O) groups excluding carboxylic acids is 2. The van der Waals surface area contributed by atoms with Gasteiger partial charge in [0.2, 0.25) is 11.8 Å². The number of thiazole rings is 1. The fourth-order valence-electron chi connectivity index (χ4n) is 3.63. The minimum Gasteiger partial charge on any atom is -0.494 e. The lowest BCUT2D eigenvalue weighted by molar-refractivity contribution is -0.114. The van der Waals surface area contributed by atoms with E-state index in [9.17, 15) is 14.7 Å². The highest BCUT2D eigenvalue weighted by molar-refractivity contribution is 7.21. The molecule has 2 aromatic carbocycles. The summed E-state index contributed by atoms with van der Waals surface area (Å²) in [6.07, 6.45) is 0. The monoisotopic (exact) mass is 433 g/mol. The lowest BCUT2D eigenvalue weighted by Gasteiger charge is -2.13. The van der Waals surface area contributed by atoms with Gasteiger partial charge < -0.3 is 10.4 Å². The number of amides is 1. The van der Waals surface area contributed by atoms with Crippen molar-refractivity contribution in [2.24, 2.45) is 0 Å². The summed E-state index contributed by atoms with van der Waals surface area (Å²) in [5.74, 6) is -0.159. The van der Waals surface area contributed by atoms with Gasteiger partial charge in [-0.05, 0) is 42.7 Å². The number of nitrogens with zero attached hydrogens (tertiary/aromatic N) is 2. The normalized spacial score (nSPS) is 11.3. The van der Waals surface area contributed by atoms with Gasteiger partial charge in [-0.3, -0.25) is 14.2 Å². The molecule has 0 spiro atoms. The third kappa shape index (κ3) is 3.72. The van der Waals surface area contributed by atoms with E-state index in [4.69, 9.17) is 0 Å². The van der Waals surface area contributed by atoms with Crippen molar-refractivity contribution < 1.29 is 14.7 Å². The van der Waals surface area contributed by atoms with Crippen molar-refractivity contribution in [3.63, 3.8) is 0 Å². The molecule has 0 aliphatic rings. The number of benzene rings is 2. The van der Waals surface area contributed by atoms with Crippen LogP contribution in [0.5, 0.6) is 5.88 Å². The number of anilines is 1. The van der Waals surface area contributed by atoms with Crippen LogP contribution in [0.3, 0.4) is 0 Å². The molecule has 0 fully saturated rings. The molecule has 158 valence electrons. The molecule has 0 unspecified atom stereocenters. The van der Waals surface area contributed by atoms with E-state index in [0.717, 1.165) is 15.8 Å². The van der Waals surface area contributed by atoms with Gasteiger partial charge in [0.05, 0.1) is 27.0 Å². The average Bonchev–Trinajstić information content (AvgIpc) is 3.26. The van der Waals surface area contributed by atoms with Gasteiger partial charge in [0.1, 0.15) is 10.8 Å². The molecule has 1 amide bonds. The van der Waals surface area contributed by atoms with Gasteiger partial charge in [-0.25, -0.2) is 4.98 Å². The number of nitrogens with one attached hydrogen (secondary N) is 1. The number of carbonyl (C=O) groups is 2. The molecule has 0 saturated heterocycles. The largest absolute Gasteiger partial charge is 0.494 e. The first kappa shape index (κ1) is 20.8. The van der Waals surface area contributed by atoms with Crippen LogP contribution >= 0.6 is 11.3 Å². The third-order valence-corrected chi connectivity index (χ3v) is 6.17. The summed E-state index contributed by atoms with van der Waals surface area (Å²) in [7, 11) is 0. The summed E-state index contributed by atoms with van der Waals surface area (Å²) in [4.78, 5) is 29.3. The summed E-state index contributed by atoms with van der Waals surface area (Å²) < 4.78 is 2.46. The minimum absolute atomic E-state index is 0.135. The number of ketones is 1. The van der Waals surface area contributed by atoms with Crippen LogP contribution in [0.1, 0.15) is 49.5 Å². The van der Waals surface area contributed by atoms with Gasteiger partial charge >= 0.3 is 0 Å². The van der Waals surface area contributed by atoms with Crippen molar-refractivity contribution in [1.29, 1.82) is 0 Å². The first-order chi connectivity index (χ1) is 14.8. The Balaban J connectivity index is 2.02. The second-order valence-electron chi connectivity index (χ2n) is 7.73. The number of Topliss-reactive ketones (excluding diaryl/α,β-unsaturated/α-hetero) is 1. The molecule has 0 aliphatic carbocycles. The second-order valence-corrected chi connectivity index (χ2v) is 8.76. The van der Waals surface area contributed by atoms with Gasteiger partial charge in [0, 0.05) is 6.92 Å². The van der Waals surface area contributed by atoms with Crippen LogP contribution in [0.4, 0.5) is 5.82 Å². The molecule has 0 bridgehead atoms. The van der Waals surface area contributed by atoms with E-state index in [1.165, 1.54) is 29.8 Å². The predicted molar refractivity (Wildman–Crippen MR) is 124 cm³/mol. The Morgan fingerprint density at radius 1 is 1.06 bits per heavy atom. The molecule has 2 heterocycles. The summed E-state index contributed by atoms with van der Waals surface area (Å²) in [5.41, 5.74) is 3.14. The Hall–Kier alpha value is -3.45. The van der Waals surface area contributed by atoms with Crippen molar-refractivity contribution in [3.8, 4) is 22.1 Å². The van der Waals surface area contributed by atoms with Crippen molar-refractivity contribution in [3.05, 3.63) is 59.7 Å². The van der Waals surface area contributed by atoms with Crippen molar-refractivity contribution in [2.45, 2.75) is 33.6 Å². The van der Waals surface area contributed by atoms with Gasteiger partial charge in [-0.2, -0.15) is 0 Å². The molecule has 0 saturated carbocycles. The molecule has 0 aliphatic heterocycles. The maximum absolute atomic E-state index is 12.6. The first-order valence-electron chi connectivity index (χ1n) is 10.0. The van der Waals surface area contributed by atoms with Crippen LogP contribution in [0.2, 0.25) is 0 Å². The number of para-hydroxylation sites is 1. The van der Waals surface area contributed by atoms with E-state index >= 15 is 0 Å². The third-order valence-electron chi connectivity index (χ3n) is 5.12. The Kier molecular flexibility index (Phi) is 5.37. The Morgan fingerprint density at radius 2 is 1.74 bits per heavy atom. The van der Waals surface area contributed by atoms with Gasteiger partial charge in [0.25, 0.3) is 0 Å². The number of aromatic hydroxyl groups is 1. The van der Waals surface area contributed by atoms with E-state index in [0.29, 0.717) is 28.0 Å². The Morgan fingerprint density at radius 3 is 2.32 bits per heavy atom. The molecule has 31 heavy (non-hydrogen) atoms. The fraction of sp³-hybridized carbons (Fsp3) is 0.208. The summed E-state index contributed by atoms with van der Waals surface area (Å²) >= 11 is 1.41. The van der Waals surface area contributed by atoms with Crippen LogP contribution < -0.4 is 5.32 Å². The van der Waals surface area contributed by atoms with Crippen LogP contribution in [-0.2, 0) is 4.79 Å². The quantitative estimate of drug-likeness (QED) is 0.393. The Bertz CT molecular complexity index is 1270. The van der Waals surface area contributed by atoms with Crippen molar-refractivity contribution in [1.82, 2.24) is 9.55 Å². The van der Waals surface area contributed by atoms with Crippen molar-refractivity contribution in [2.75, 3.05) is 5.32 Å². The van der Waals surface area contributed by atoms with E-state index in [1.54, 1.807) is 0 Å². The van der Waals surface area contributed by atoms with Crippen molar-refractivity contribution >= 4 is 39.1 Å². The number of aromatic nitrogens is 2. The van der Waals surface area contributed by atoms with Gasteiger partial charge in [-0.15, -0.1) is 11.3 Å². The highest BCUT2D eigenvalue weighted by Gasteiger charge is 2.30. The maximum atomic E-state index is 12.6. The second kappa shape index (κ2) is 8.00. The summed E-state index contributed by atoms with van der Waals surface area (Å²) in [5, 5.41) is 14.5. The number of rotatable bonds is 5. The van der Waals surface area contributed by atoms with E-state index in [1.807, 2.05) is 48.5 Å². The lowest BCUT2D eigenvalue weighted by atomic mass is 10.0. The minimum atomic E-state index is -0.310. The van der Waals surface area contributed by atoms with Gasteiger partial charge in [0.15, 0.2) is 5.78 Å². The summed E-state index contributed by atoms with van der Waals surface area (Å²) in [6, 6.07) is 15.3. The van der Waals surface area contributed by atoms with Crippen LogP contribution in [0.25, 0.3) is 26.5 Å². The summed E-state index contributed by atoms with van der Waals surface area (Å²) in [6.45, 7) is 7.00. The molecule has 2 aromatic heterocycles. The highest BCUT2D eigenvalue weighted by atomic mass is 32.1. The molecule has 4 rings (SSSR count). The molecule has 0 radical (unpaired) electrons. The highest BCUT2D eigenvalue weighted by Crippen LogP contribution is 2.45. The van der Waals surface area contributed by atoms with E-state index < -0.39 is 0 Å². The van der Waals surface area contributed by atoms with Crippen LogP contribution in [0.15, 0.2) is 48.5 Å². The first-order valence-corrected chi connectivity index (χ1v) is 10.8. The molecular formula is C24H23N3O3S. The molecular weight excluding hydrogens is 410 g/mol. The number of hydrogen-bond donors (Lipinski definition) is 2. The molecule has 6 nitrogen and oxygen atoms in total. The van der Waals surface area contributed by atoms with Gasteiger partial charge in [-0.1, -0.05) is 38.1 Å². The van der Waals surface area contributed by atoms with Crippen LogP contribution in [0, 0.1) is 0 Å². The smallest absolute Gasteiger partial charge is 0.222 e. The van der Waals surface area contributed by atoms with E-state index in [2.05, 4.69) is 24.1 Å². The topological polar surface area (TPSA) is 84.2 Å². The average molecular weight is 434 g/mol. The van der Waals surface area contributed by atoms with E-state index in [-0.39, 0.29) is 23.1 Å². The number of fused-ring (bicyclic) bond motifs is 1. The number of hydrogen-bond acceptors (Lipinski definition) is 5. The molecule has 2 N–H and O–H groups in total. The zero-order valence-corrected chi connectivity index (χ0v) is 18.6. The molecule has 0 atom stereocenters. The lowest BCUT2D eigenvalue weighted by Crippen LogP contribution is -2.11. The maximum Gasteiger partial charge on any atom is 0.222 e. The fourth-order valence-corrected chi connectivity index (χ4v) is 4.64. The SMILES string of the molecule is CC(=O)Nc1c(-c2nc3ccccc3s2)c(C(C)=O)c(O)n1-c1ccc(C(C)C)cc1. The molecule has 7 heteroatoms.